The van der Waals surface area contributed by atoms with E-state index in [2.05, 4.69) is 5.32 Å². The standard InChI is InChI=1S/C13H12ClF2N3/c1-6-2-7(15)4-8(3-6)19-13-10(18)5-9(17)11(14)12(13)16/h2-5,19H,17-18H2,1H3. The van der Waals surface area contributed by atoms with E-state index >= 15 is 0 Å². The molecule has 3 nitrogen and oxygen atoms in total. The average Bonchev–Trinajstić information content (AvgIpc) is 2.31. The first kappa shape index (κ1) is 13.4. The zero-order valence-electron chi connectivity index (χ0n) is 10.1. The maximum Gasteiger partial charge on any atom is 0.169 e. The number of halogens is 3. The third kappa shape index (κ3) is 2.71. The molecular weight excluding hydrogens is 272 g/mol. The van der Waals surface area contributed by atoms with Crippen LogP contribution in [0.5, 0.6) is 0 Å². The van der Waals surface area contributed by atoms with Gasteiger partial charge in [-0.3, -0.25) is 0 Å². The molecule has 0 aliphatic carbocycles. The van der Waals surface area contributed by atoms with Crippen molar-refractivity contribution in [2.75, 3.05) is 16.8 Å². The van der Waals surface area contributed by atoms with Crippen LogP contribution in [0.25, 0.3) is 0 Å². The highest BCUT2D eigenvalue weighted by molar-refractivity contribution is 6.33. The SMILES string of the molecule is Cc1cc(F)cc(Nc2c(N)cc(N)c(Cl)c2F)c1. The van der Waals surface area contributed by atoms with E-state index < -0.39 is 11.6 Å². The zero-order valence-corrected chi connectivity index (χ0v) is 10.9. The van der Waals surface area contributed by atoms with Gasteiger partial charge in [0.1, 0.15) is 10.8 Å². The number of nitrogens with one attached hydrogen (secondary N) is 1. The van der Waals surface area contributed by atoms with E-state index in [0.717, 1.165) is 0 Å². The molecule has 0 saturated heterocycles. The highest BCUT2D eigenvalue weighted by atomic mass is 35.5. The van der Waals surface area contributed by atoms with Crippen LogP contribution in [0, 0.1) is 18.6 Å². The van der Waals surface area contributed by atoms with E-state index in [-0.39, 0.29) is 22.1 Å². The molecule has 0 amide bonds. The third-order valence-corrected chi connectivity index (χ3v) is 2.96. The van der Waals surface area contributed by atoms with Gasteiger partial charge >= 0.3 is 0 Å². The second-order valence-electron chi connectivity index (χ2n) is 4.20. The van der Waals surface area contributed by atoms with E-state index in [1.165, 1.54) is 18.2 Å². The van der Waals surface area contributed by atoms with Crippen LogP contribution in [0.15, 0.2) is 24.3 Å². The first-order valence-corrected chi connectivity index (χ1v) is 5.83. The van der Waals surface area contributed by atoms with Crippen LogP contribution in [0.4, 0.5) is 31.5 Å². The van der Waals surface area contributed by atoms with Crippen LogP contribution in [-0.4, -0.2) is 0 Å². The summed E-state index contributed by atoms with van der Waals surface area (Å²) in [5.41, 5.74) is 12.4. The number of aryl methyl sites for hydroxylation is 1. The maximum absolute atomic E-state index is 14.0. The van der Waals surface area contributed by atoms with Gasteiger partial charge in [0, 0.05) is 5.69 Å². The van der Waals surface area contributed by atoms with Crippen LogP contribution in [-0.2, 0) is 0 Å². The fraction of sp³-hybridized carbons (Fsp3) is 0.0769. The number of hydrogen-bond acceptors (Lipinski definition) is 3. The molecule has 0 aliphatic rings. The quantitative estimate of drug-likeness (QED) is 0.734. The lowest BCUT2D eigenvalue weighted by molar-refractivity contribution is 0.626. The molecule has 0 radical (unpaired) electrons. The maximum atomic E-state index is 14.0. The second kappa shape index (κ2) is 4.93. The van der Waals surface area contributed by atoms with Gasteiger partial charge in [-0.05, 0) is 36.8 Å². The smallest absolute Gasteiger partial charge is 0.169 e. The molecule has 0 unspecified atom stereocenters. The Labute approximate surface area is 114 Å². The number of hydrogen-bond donors (Lipinski definition) is 3. The molecule has 5 N–H and O–H groups in total. The van der Waals surface area contributed by atoms with E-state index in [9.17, 15) is 8.78 Å². The molecule has 0 aliphatic heterocycles. The fourth-order valence-corrected chi connectivity index (χ4v) is 1.90. The van der Waals surface area contributed by atoms with Gasteiger partial charge < -0.3 is 16.8 Å². The Bertz CT molecular complexity index is 624. The molecular formula is C13H12ClF2N3. The van der Waals surface area contributed by atoms with Gasteiger partial charge in [-0.1, -0.05) is 11.6 Å². The zero-order chi connectivity index (χ0) is 14.2. The van der Waals surface area contributed by atoms with Crippen LogP contribution in [0.1, 0.15) is 5.56 Å². The van der Waals surface area contributed by atoms with Crippen molar-refractivity contribution in [1.82, 2.24) is 0 Å². The molecule has 0 bridgehead atoms. The number of rotatable bonds is 2. The Morgan fingerprint density at radius 1 is 1.05 bits per heavy atom. The minimum absolute atomic E-state index is 0.0239. The fourth-order valence-electron chi connectivity index (χ4n) is 1.75. The molecule has 0 heterocycles. The molecule has 0 spiro atoms. The molecule has 0 atom stereocenters. The summed E-state index contributed by atoms with van der Waals surface area (Å²) in [7, 11) is 0. The molecule has 0 saturated carbocycles. The largest absolute Gasteiger partial charge is 0.397 e. The van der Waals surface area contributed by atoms with Crippen molar-refractivity contribution in [3.63, 3.8) is 0 Å². The molecule has 2 aromatic rings. The third-order valence-electron chi connectivity index (χ3n) is 2.58. The molecule has 100 valence electrons. The first-order valence-electron chi connectivity index (χ1n) is 5.45. The normalized spacial score (nSPS) is 10.5. The Hall–Kier alpha value is -2.01. The highest BCUT2D eigenvalue weighted by Gasteiger charge is 2.14. The summed E-state index contributed by atoms with van der Waals surface area (Å²) in [6.45, 7) is 1.73. The summed E-state index contributed by atoms with van der Waals surface area (Å²) in [4.78, 5) is 0. The van der Waals surface area contributed by atoms with Gasteiger partial charge in [0.2, 0.25) is 0 Å². The topological polar surface area (TPSA) is 64.1 Å². The van der Waals surface area contributed by atoms with Gasteiger partial charge in [-0.15, -0.1) is 0 Å². The van der Waals surface area contributed by atoms with Gasteiger partial charge in [0.25, 0.3) is 0 Å². The van der Waals surface area contributed by atoms with Crippen molar-refractivity contribution in [2.24, 2.45) is 0 Å². The number of nitrogens with two attached hydrogens (primary N) is 2. The average molecular weight is 284 g/mol. The summed E-state index contributed by atoms with van der Waals surface area (Å²) >= 11 is 5.71. The van der Waals surface area contributed by atoms with E-state index in [0.29, 0.717) is 11.3 Å². The number of nitrogen functional groups attached to an aromatic ring is 2. The van der Waals surface area contributed by atoms with Gasteiger partial charge in [-0.2, -0.15) is 0 Å². The summed E-state index contributed by atoms with van der Waals surface area (Å²) in [6, 6.07) is 5.60. The predicted molar refractivity (Wildman–Crippen MR) is 74.7 cm³/mol. The number of benzene rings is 2. The van der Waals surface area contributed by atoms with Crippen LogP contribution in [0.2, 0.25) is 5.02 Å². The van der Waals surface area contributed by atoms with Crippen molar-refractivity contribution < 1.29 is 8.78 Å². The summed E-state index contributed by atoms with van der Waals surface area (Å²) in [6.07, 6.45) is 0. The van der Waals surface area contributed by atoms with Crippen LogP contribution >= 0.6 is 11.6 Å². The lowest BCUT2D eigenvalue weighted by atomic mass is 10.2. The summed E-state index contributed by atoms with van der Waals surface area (Å²) in [5, 5.41) is 2.49. The molecule has 2 aromatic carbocycles. The minimum Gasteiger partial charge on any atom is -0.397 e. The Balaban J connectivity index is 2.46. The minimum atomic E-state index is -0.763. The van der Waals surface area contributed by atoms with Gasteiger partial charge in [-0.25, -0.2) is 8.78 Å². The van der Waals surface area contributed by atoms with Gasteiger partial charge in [0.05, 0.1) is 17.1 Å². The van der Waals surface area contributed by atoms with Crippen molar-refractivity contribution >= 4 is 34.4 Å². The van der Waals surface area contributed by atoms with Crippen molar-refractivity contribution in [3.8, 4) is 0 Å². The first-order chi connectivity index (χ1) is 8.88. The van der Waals surface area contributed by atoms with E-state index in [4.69, 9.17) is 23.1 Å². The molecule has 2 rings (SSSR count). The Morgan fingerprint density at radius 3 is 2.37 bits per heavy atom. The Morgan fingerprint density at radius 2 is 1.74 bits per heavy atom. The van der Waals surface area contributed by atoms with Crippen molar-refractivity contribution in [1.29, 1.82) is 0 Å². The molecule has 19 heavy (non-hydrogen) atoms. The van der Waals surface area contributed by atoms with E-state index in [1.54, 1.807) is 13.0 Å². The monoisotopic (exact) mass is 283 g/mol. The van der Waals surface area contributed by atoms with Crippen LogP contribution < -0.4 is 16.8 Å². The lowest BCUT2D eigenvalue weighted by Gasteiger charge is -2.13. The van der Waals surface area contributed by atoms with Gasteiger partial charge in [0.15, 0.2) is 5.82 Å². The van der Waals surface area contributed by atoms with Crippen molar-refractivity contribution in [3.05, 3.63) is 46.5 Å². The second-order valence-corrected chi connectivity index (χ2v) is 4.58. The summed E-state index contributed by atoms with van der Waals surface area (Å²) < 4.78 is 27.2. The van der Waals surface area contributed by atoms with Crippen LogP contribution in [0.3, 0.4) is 0 Å². The summed E-state index contributed by atoms with van der Waals surface area (Å²) in [5.74, 6) is -1.19. The lowest BCUT2D eigenvalue weighted by Crippen LogP contribution is -2.03. The molecule has 0 aromatic heterocycles. The van der Waals surface area contributed by atoms with Crippen molar-refractivity contribution in [2.45, 2.75) is 6.92 Å². The molecule has 6 heteroatoms. The number of anilines is 4. The Kier molecular flexibility index (Phi) is 3.48. The van der Waals surface area contributed by atoms with E-state index in [1.807, 2.05) is 0 Å². The predicted octanol–water partition coefficient (Wildman–Crippen LogP) is 3.83. The molecule has 0 fully saturated rings. The highest BCUT2D eigenvalue weighted by Crippen LogP contribution is 2.35.